The van der Waals surface area contributed by atoms with Gasteiger partial charge in [0.15, 0.2) is 0 Å². The van der Waals surface area contributed by atoms with Crippen molar-refractivity contribution in [1.29, 1.82) is 0 Å². The second-order valence-electron chi connectivity index (χ2n) is 9.10. The summed E-state index contributed by atoms with van der Waals surface area (Å²) in [5.74, 6) is 0. The lowest BCUT2D eigenvalue weighted by Gasteiger charge is -2.25. The molecule has 3 heteroatoms. The summed E-state index contributed by atoms with van der Waals surface area (Å²) in [6, 6.07) is 43.3. The second kappa shape index (κ2) is 9.55. The van der Waals surface area contributed by atoms with Crippen LogP contribution in [0.25, 0.3) is 32.3 Å². The standard InChI is InChI=1S/C33H26N2O/c36-33(34-32-20-10-16-25-13-4-9-19-30(25)32)35(22-24-11-2-1-3-12-24)23-31-28-17-7-5-14-26(28)21-27-15-6-8-18-29(27)31/h1-21H,22-23H2,(H,34,36). The van der Waals surface area contributed by atoms with E-state index < -0.39 is 0 Å². The Labute approximate surface area is 210 Å². The van der Waals surface area contributed by atoms with E-state index in [2.05, 4.69) is 84.2 Å². The molecule has 174 valence electrons. The van der Waals surface area contributed by atoms with Crippen LogP contribution in [-0.2, 0) is 13.1 Å². The zero-order chi connectivity index (χ0) is 24.3. The second-order valence-corrected chi connectivity index (χ2v) is 9.10. The summed E-state index contributed by atoms with van der Waals surface area (Å²) in [5.41, 5.74) is 3.07. The molecule has 0 aromatic heterocycles. The third-order valence-corrected chi connectivity index (χ3v) is 6.77. The van der Waals surface area contributed by atoms with Gasteiger partial charge in [0.1, 0.15) is 0 Å². The number of carbonyl (C=O) groups is 1. The van der Waals surface area contributed by atoms with Crippen LogP contribution in [0.5, 0.6) is 0 Å². The van der Waals surface area contributed by atoms with Crippen LogP contribution < -0.4 is 5.32 Å². The molecule has 2 amide bonds. The van der Waals surface area contributed by atoms with Gasteiger partial charge in [0.05, 0.1) is 5.69 Å². The number of benzene rings is 6. The van der Waals surface area contributed by atoms with Gasteiger partial charge in [-0.15, -0.1) is 0 Å². The van der Waals surface area contributed by atoms with E-state index in [9.17, 15) is 4.79 Å². The number of hydrogen-bond donors (Lipinski definition) is 1. The van der Waals surface area contributed by atoms with Crippen molar-refractivity contribution in [3.63, 3.8) is 0 Å². The first-order valence-electron chi connectivity index (χ1n) is 12.2. The molecule has 0 fully saturated rings. The van der Waals surface area contributed by atoms with Gasteiger partial charge in [-0.3, -0.25) is 0 Å². The molecule has 0 unspecified atom stereocenters. The van der Waals surface area contributed by atoms with E-state index in [1.54, 1.807) is 0 Å². The number of fused-ring (bicyclic) bond motifs is 3. The number of rotatable bonds is 5. The molecule has 1 N–H and O–H groups in total. The van der Waals surface area contributed by atoms with Crippen LogP contribution in [0.4, 0.5) is 10.5 Å². The average Bonchev–Trinajstić information content (AvgIpc) is 2.93. The molecule has 0 heterocycles. The molecule has 0 radical (unpaired) electrons. The van der Waals surface area contributed by atoms with Crippen molar-refractivity contribution in [3.8, 4) is 0 Å². The van der Waals surface area contributed by atoms with Crippen LogP contribution in [0.2, 0.25) is 0 Å². The number of nitrogens with zero attached hydrogens (tertiary/aromatic N) is 1. The first-order valence-corrected chi connectivity index (χ1v) is 12.2. The fraction of sp³-hybridized carbons (Fsp3) is 0.0606. The van der Waals surface area contributed by atoms with Gasteiger partial charge >= 0.3 is 6.03 Å². The third kappa shape index (κ3) is 4.27. The van der Waals surface area contributed by atoms with Gasteiger partial charge < -0.3 is 10.2 Å². The fourth-order valence-corrected chi connectivity index (χ4v) is 5.00. The minimum Gasteiger partial charge on any atom is -0.316 e. The number of anilines is 1. The van der Waals surface area contributed by atoms with Crippen LogP contribution in [0.1, 0.15) is 11.1 Å². The van der Waals surface area contributed by atoms with E-state index in [1.807, 2.05) is 53.4 Å². The van der Waals surface area contributed by atoms with Gasteiger partial charge in [0, 0.05) is 18.5 Å². The SMILES string of the molecule is O=C(Nc1cccc2ccccc12)N(Cc1ccccc1)Cc1c2ccccc2cc2ccccc12. The Bertz CT molecular complexity index is 1630. The zero-order valence-corrected chi connectivity index (χ0v) is 19.9. The summed E-state index contributed by atoms with van der Waals surface area (Å²) in [4.78, 5) is 15.8. The Morgan fingerprint density at radius 1 is 0.556 bits per heavy atom. The Hall–Kier alpha value is -4.63. The number of hydrogen-bond acceptors (Lipinski definition) is 1. The minimum atomic E-state index is -0.118. The van der Waals surface area contributed by atoms with Crippen molar-refractivity contribution in [2.24, 2.45) is 0 Å². The van der Waals surface area contributed by atoms with Crippen molar-refractivity contribution in [2.75, 3.05) is 5.32 Å². The third-order valence-electron chi connectivity index (χ3n) is 6.77. The van der Waals surface area contributed by atoms with Crippen LogP contribution in [0, 0.1) is 0 Å². The van der Waals surface area contributed by atoms with Gasteiger partial charge in [-0.2, -0.15) is 0 Å². The molecular formula is C33H26N2O. The molecule has 0 saturated heterocycles. The number of amides is 2. The van der Waals surface area contributed by atoms with Crippen molar-refractivity contribution < 1.29 is 4.79 Å². The van der Waals surface area contributed by atoms with Crippen LogP contribution in [0.15, 0.2) is 127 Å². The first kappa shape index (κ1) is 21.9. The topological polar surface area (TPSA) is 32.3 Å². The minimum absolute atomic E-state index is 0.118. The number of nitrogens with one attached hydrogen (secondary N) is 1. The average molecular weight is 467 g/mol. The molecule has 0 saturated carbocycles. The van der Waals surface area contributed by atoms with E-state index >= 15 is 0 Å². The lowest BCUT2D eigenvalue weighted by molar-refractivity contribution is 0.207. The van der Waals surface area contributed by atoms with Gasteiger partial charge in [-0.05, 0) is 50.2 Å². The molecule has 0 aliphatic heterocycles. The van der Waals surface area contributed by atoms with E-state index in [-0.39, 0.29) is 6.03 Å². The Balaban J connectivity index is 1.43. The predicted octanol–water partition coefficient (Wildman–Crippen LogP) is 8.38. The zero-order valence-electron chi connectivity index (χ0n) is 19.9. The summed E-state index contributed by atoms with van der Waals surface area (Å²) >= 11 is 0. The summed E-state index contributed by atoms with van der Waals surface area (Å²) in [6.45, 7) is 1.00. The summed E-state index contributed by atoms with van der Waals surface area (Å²) in [7, 11) is 0. The quantitative estimate of drug-likeness (QED) is 0.254. The maximum absolute atomic E-state index is 13.9. The molecule has 6 aromatic rings. The highest BCUT2D eigenvalue weighted by Crippen LogP contribution is 2.30. The van der Waals surface area contributed by atoms with Crippen molar-refractivity contribution in [2.45, 2.75) is 13.1 Å². The molecular weight excluding hydrogens is 440 g/mol. The molecule has 0 spiro atoms. The Morgan fingerprint density at radius 2 is 1.11 bits per heavy atom. The van der Waals surface area contributed by atoms with Crippen molar-refractivity contribution in [3.05, 3.63) is 139 Å². The van der Waals surface area contributed by atoms with Crippen molar-refractivity contribution >= 4 is 44.0 Å². The Kier molecular flexibility index (Phi) is 5.80. The smallest absolute Gasteiger partial charge is 0.316 e. The molecule has 6 aromatic carbocycles. The lowest BCUT2D eigenvalue weighted by atomic mass is 9.96. The van der Waals surface area contributed by atoms with Gasteiger partial charge in [0.2, 0.25) is 0 Å². The molecule has 3 nitrogen and oxygen atoms in total. The van der Waals surface area contributed by atoms with E-state index in [0.29, 0.717) is 13.1 Å². The van der Waals surface area contributed by atoms with E-state index in [0.717, 1.165) is 27.6 Å². The summed E-state index contributed by atoms with van der Waals surface area (Å²) in [5, 5.41) is 10.0. The van der Waals surface area contributed by atoms with Gasteiger partial charge in [-0.1, -0.05) is 115 Å². The maximum Gasteiger partial charge on any atom is 0.322 e. The van der Waals surface area contributed by atoms with Crippen molar-refractivity contribution in [1.82, 2.24) is 4.90 Å². The van der Waals surface area contributed by atoms with Crippen LogP contribution in [-0.4, -0.2) is 10.9 Å². The van der Waals surface area contributed by atoms with Gasteiger partial charge in [-0.25, -0.2) is 4.79 Å². The van der Waals surface area contributed by atoms with E-state index in [4.69, 9.17) is 0 Å². The fourth-order valence-electron chi connectivity index (χ4n) is 5.00. The maximum atomic E-state index is 13.9. The summed E-state index contributed by atoms with van der Waals surface area (Å²) < 4.78 is 0. The highest BCUT2D eigenvalue weighted by Gasteiger charge is 2.19. The molecule has 6 rings (SSSR count). The predicted molar refractivity (Wildman–Crippen MR) is 150 cm³/mol. The number of carbonyl (C=O) groups excluding carboxylic acids is 1. The molecule has 0 aliphatic carbocycles. The molecule has 36 heavy (non-hydrogen) atoms. The Morgan fingerprint density at radius 3 is 1.81 bits per heavy atom. The summed E-state index contributed by atoms with van der Waals surface area (Å²) in [6.07, 6.45) is 0. The lowest BCUT2D eigenvalue weighted by Crippen LogP contribution is -2.34. The number of urea groups is 1. The molecule has 0 bridgehead atoms. The normalized spacial score (nSPS) is 11.1. The molecule has 0 atom stereocenters. The highest BCUT2D eigenvalue weighted by atomic mass is 16.2. The largest absolute Gasteiger partial charge is 0.322 e. The monoisotopic (exact) mass is 466 g/mol. The molecule has 0 aliphatic rings. The van der Waals surface area contributed by atoms with Crippen LogP contribution >= 0.6 is 0 Å². The highest BCUT2D eigenvalue weighted by molar-refractivity contribution is 6.04. The van der Waals surface area contributed by atoms with Gasteiger partial charge in [0.25, 0.3) is 0 Å². The van der Waals surface area contributed by atoms with E-state index in [1.165, 1.54) is 21.5 Å². The first-order chi connectivity index (χ1) is 17.8. The van der Waals surface area contributed by atoms with Crippen LogP contribution in [0.3, 0.4) is 0 Å².